The minimum absolute atomic E-state index is 0.0464. The molecule has 0 heterocycles. The SMILES string of the molecule is CC(C)(C)C1CCC(N)C(S(=O)(=O)CCS(C)(=O)=O)C1. The molecule has 3 unspecified atom stereocenters. The molecule has 1 rings (SSSR count). The largest absolute Gasteiger partial charge is 0.327 e. The summed E-state index contributed by atoms with van der Waals surface area (Å²) in [4.78, 5) is 0. The van der Waals surface area contributed by atoms with Crippen LogP contribution in [0.1, 0.15) is 40.0 Å². The molecule has 20 heavy (non-hydrogen) atoms. The number of nitrogens with two attached hydrogens (primary N) is 1. The highest BCUT2D eigenvalue weighted by Crippen LogP contribution is 2.39. The van der Waals surface area contributed by atoms with Crippen LogP contribution >= 0.6 is 0 Å². The lowest BCUT2D eigenvalue weighted by molar-refractivity contribution is 0.171. The fourth-order valence-electron chi connectivity index (χ4n) is 2.77. The number of sulfone groups is 2. The molecule has 0 spiro atoms. The zero-order valence-corrected chi connectivity index (χ0v) is 14.4. The lowest BCUT2D eigenvalue weighted by Gasteiger charge is -2.40. The Labute approximate surface area is 123 Å². The van der Waals surface area contributed by atoms with Crippen molar-refractivity contribution in [1.29, 1.82) is 0 Å². The highest BCUT2D eigenvalue weighted by atomic mass is 32.2. The third kappa shape index (κ3) is 5.00. The Hall–Kier alpha value is -0.140. The van der Waals surface area contributed by atoms with Crippen LogP contribution in [0.5, 0.6) is 0 Å². The van der Waals surface area contributed by atoms with Gasteiger partial charge in [-0.3, -0.25) is 0 Å². The molecule has 0 aromatic carbocycles. The van der Waals surface area contributed by atoms with Gasteiger partial charge in [-0.1, -0.05) is 20.8 Å². The van der Waals surface area contributed by atoms with E-state index in [2.05, 4.69) is 20.8 Å². The summed E-state index contributed by atoms with van der Waals surface area (Å²) in [5.74, 6) is -0.333. The zero-order chi connectivity index (χ0) is 15.8. The van der Waals surface area contributed by atoms with Crippen molar-refractivity contribution < 1.29 is 16.8 Å². The lowest BCUT2D eigenvalue weighted by Crippen LogP contribution is -2.48. The van der Waals surface area contributed by atoms with Crippen molar-refractivity contribution >= 4 is 19.7 Å². The molecule has 5 nitrogen and oxygen atoms in total. The topological polar surface area (TPSA) is 94.3 Å². The molecule has 0 radical (unpaired) electrons. The molecular weight excluding hydrogens is 298 g/mol. The van der Waals surface area contributed by atoms with E-state index in [9.17, 15) is 16.8 Å². The van der Waals surface area contributed by atoms with Crippen molar-refractivity contribution in [2.45, 2.75) is 51.3 Å². The van der Waals surface area contributed by atoms with Crippen molar-refractivity contribution in [2.24, 2.45) is 17.1 Å². The van der Waals surface area contributed by atoms with Gasteiger partial charge in [0.25, 0.3) is 0 Å². The van der Waals surface area contributed by atoms with E-state index in [1.54, 1.807) is 0 Å². The maximum absolute atomic E-state index is 12.4. The van der Waals surface area contributed by atoms with Crippen molar-refractivity contribution in [3.63, 3.8) is 0 Å². The van der Waals surface area contributed by atoms with E-state index in [4.69, 9.17) is 5.73 Å². The zero-order valence-electron chi connectivity index (χ0n) is 12.8. The highest BCUT2D eigenvalue weighted by molar-refractivity contribution is 7.95. The van der Waals surface area contributed by atoms with E-state index in [-0.39, 0.29) is 23.0 Å². The molecule has 0 aliphatic heterocycles. The standard InChI is InChI=1S/C13H27NO4S2/c1-13(2,3)10-5-6-11(14)12(9-10)20(17,18)8-7-19(4,15)16/h10-12H,5-9,14H2,1-4H3. The molecule has 1 fully saturated rings. The first-order valence-electron chi connectivity index (χ1n) is 6.98. The third-order valence-electron chi connectivity index (χ3n) is 4.27. The van der Waals surface area contributed by atoms with Gasteiger partial charge in [0.05, 0.1) is 16.8 Å². The molecule has 0 aromatic rings. The molecule has 1 saturated carbocycles. The van der Waals surface area contributed by atoms with E-state index < -0.39 is 24.9 Å². The first kappa shape index (κ1) is 17.9. The van der Waals surface area contributed by atoms with E-state index in [1.807, 2.05) is 0 Å². The van der Waals surface area contributed by atoms with Crippen LogP contribution in [0.15, 0.2) is 0 Å². The molecule has 120 valence electrons. The molecule has 3 atom stereocenters. The molecule has 0 bridgehead atoms. The fourth-order valence-corrected chi connectivity index (χ4v) is 6.41. The van der Waals surface area contributed by atoms with E-state index in [0.29, 0.717) is 18.8 Å². The Bertz CT molecular complexity index is 531. The summed E-state index contributed by atoms with van der Waals surface area (Å²) in [5.41, 5.74) is 6.03. The van der Waals surface area contributed by atoms with Gasteiger partial charge in [-0.25, -0.2) is 16.8 Å². The average Bonchev–Trinajstić information content (AvgIpc) is 2.24. The first-order valence-corrected chi connectivity index (χ1v) is 10.8. The van der Waals surface area contributed by atoms with Gasteiger partial charge in [0, 0.05) is 12.3 Å². The summed E-state index contributed by atoms with van der Waals surface area (Å²) in [6.07, 6.45) is 3.21. The smallest absolute Gasteiger partial charge is 0.155 e. The average molecular weight is 325 g/mol. The number of rotatable bonds is 4. The fraction of sp³-hybridized carbons (Fsp3) is 1.00. The van der Waals surface area contributed by atoms with Crippen LogP contribution in [0.2, 0.25) is 0 Å². The van der Waals surface area contributed by atoms with Gasteiger partial charge in [0.2, 0.25) is 0 Å². The second kappa shape index (κ2) is 5.93. The quantitative estimate of drug-likeness (QED) is 0.831. The summed E-state index contributed by atoms with van der Waals surface area (Å²) >= 11 is 0. The minimum Gasteiger partial charge on any atom is -0.327 e. The summed E-state index contributed by atoms with van der Waals surface area (Å²) in [5, 5.41) is -0.609. The monoisotopic (exact) mass is 325 g/mol. The molecule has 0 aromatic heterocycles. The second-order valence-electron chi connectivity index (χ2n) is 7.08. The molecule has 1 aliphatic rings. The molecule has 0 saturated heterocycles. The van der Waals surface area contributed by atoms with Crippen molar-refractivity contribution in [3.8, 4) is 0 Å². The predicted octanol–water partition coefficient (Wildman–Crippen LogP) is 0.988. The third-order valence-corrected chi connectivity index (χ3v) is 7.71. The molecular formula is C13H27NO4S2. The van der Waals surface area contributed by atoms with Gasteiger partial charge in [-0.05, 0) is 30.6 Å². The van der Waals surface area contributed by atoms with Gasteiger partial charge >= 0.3 is 0 Å². The second-order valence-corrected chi connectivity index (χ2v) is 11.7. The highest BCUT2D eigenvalue weighted by Gasteiger charge is 2.40. The van der Waals surface area contributed by atoms with Crippen LogP contribution in [0.4, 0.5) is 0 Å². The summed E-state index contributed by atoms with van der Waals surface area (Å²) < 4.78 is 47.1. The van der Waals surface area contributed by atoms with Crippen LogP contribution < -0.4 is 5.73 Å². The van der Waals surface area contributed by atoms with Crippen LogP contribution in [0.3, 0.4) is 0 Å². The Morgan fingerprint density at radius 2 is 1.60 bits per heavy atom. The van der Waals surface area contributed by atoms with Gasteiger partial charge in [-0.2, -0.15) is 0 Å². The maximum Gasteiger partial charge on any atom is 0.155 e. The van der Waals surface area contributed by atoms with Crippen LogP contribution in [-0.4, -0.2) is 45.9 Å². The van der Waals surface area contributed by atoms with Gasteiger partial charge in [-0.15, -0.1) is 0 Å². The molecule has 2 N–H and O–H groups in total. The van der Waals surface area contributed by atoms with Gasteiger partial charge in [0.1, 0.15) is 9.84 Å². The Balaban J connectivity index is 2.86. The van der Waals surface area contributed by atoms with Crippen molar-refractivity contribution in [2.75, 3.05) is 17.8 Å². The van der Waals surface area contributed by atoms with Gasteiger partial charge < -0.3 is 5.73 Å². The molecule has 0 amide bonds. The first-order chi connectivity index (χ1) is 8.83. The normalized spacial score (nSPS) is 29.4. The Morgan fingerprint density at radius 3 is 2.05 bits per heavy atom. The van der Waals surface area contributed by atoms with E-state index in [1.165, 1.54) is 0 Å². The van der Waals surface area contributed by atoms with Crippen LogP contribution in [0, 0.1) is 11.3 Å². The summed E-state index contributed by atoms with van der Waals surface area (Å²) in [6.45, 7) is 6.32. The van der Waals surface area contributed by atoms with Crippen LogP contribution in [-0.2, 0) is 19.7 Å². The molecule has 1 aliphatic carbocycles. The lowest BCUT2D eigenvalue weighted by atomic mass is 9.71. The summed E-state index contributed by atoms with van der Waals surface area (Å²) in [6, 6.07) is -0.377. The Kier molecular flexibility index (Phi) is 5.31. The van der Waals surface area contributed by atoms with E-state index in [0.717, 1.165) is 12.7 Å². The predicted molar refractivity (Wildman–Crippen MR) is 82.1 cm³/mol. The molecule has 7 heteroatoms. The van der Waals surface area contributed by atoms with Crippen LogP contribution in [0.25, 0.3) is 0 Å². The van der Waals surface area contributed by atoms with Crippen molar-refractivity contribution in [3.05, 3.63) is 0 Å². The summed E-state index contributed by atoms with van der Waals surface area (Å²) in [7, 11) is -6.74. The Morgan fingerprint density at radius 1 is 1.05 bits per heavy atom. The van der Waals surface area contributed by atoms with Crippen molar-refractivity contribution in [1.82, 2.24) is 0 Å². The maximum atomic E-state index is 12.4. The number of hydrogen-bond donors (Lipinski definition) is 1. The van der Waals surface area contributed by atoms with E-state index >= 15 is 0 Å². The number of hydrogen-bond acceptors (Lipinski definition) is 5. The van der Waals surface area contributed by atoms with Gasteiger partial charge in [0.15, 0.2) is 9.84 Å². The minimum atomic E-state index is -3.46.